The Hall–Kier alpha value is -1.46. The quantitative estimate of drug-likeness (QED) is 0.189. The number of hydrogen-bond acceptors (Lipinski definition) is 7. The van der Waals surface area contributed by atoms with Crippen molar-refractivity contribution in [3.63, 3.8) is 0 Å². The van der Waals surface area contributed by atoms with Crippen molar-refractivity contribution in [2.24, 2.45) is 17.6 Å². The minimum atomic E-state index is -1.13. The van der Waals surface area contributed by atoms with Crippen LogP contribution in [-0.2, 0) is 19.2 Å². The summed E-state index contributed by atoms with van der Waals surface area (Å²) >= 11 is 5.70. The maximum Gasteiger partial charge on any atom is 0.326 e. The first kappa shape index (κ1) is 29.5. The second kappa shape index (κ2) is 15.4. The standard InChI is InChI=1S/C20H38N4O5S2/c1-6-12(4)16(19(27)22-14(20(28)29)9-11(2)3)24-18(26)15(10-30)23-17(25)13(21)7-8-31-5/h11-16,30H,6-10,21H2,1-5H3,(H,22,27)(H,23,25)(H,24,26)(H,28,29). The van der Waals surface area contributed by atoms with Crippen molar-refractivity contribution < 1.29 is 24.3 Å². The summed E-state index contributed by atoms with van der Waals surface area (Å²) in [5.41, 5.74) is 5.85. The highest BCUT2D eigenvalue weighted by atomic mass is 32.2. The predicted octanol–water partition coefficient (Wildman–Crippen LogP) is 0.628. The lowest BCUT2D eigenvalue weighted by Gasteiger charge is -2.28. The van der Waals surface area contributed by atoms with E-state index in [2.05, 4.69) is 28.6 Å². The van der Waals surface area contributed by atoms with E-state index in [9.17, 15) is 24.3 Å². The van der Waals surface area contributed by atoms with Crippen LogP contribution >= 0.6 is 24.4 Å². The largest absolute Gasteiger partial charge is 0.480 e. The van der Waals surface area contributed by atoms with E-state index >= 15 is 0 Å². The zero-order valence-electron chi connectivity index (χ0n) is 19.0. The molecule has 0 saturated heterocycles. The molecule has 0 bridgehead atoms. The van der Waals surface area contributed by atoms with Gasteiger partial charge in [-0.25, -0.2) is 4.79 Å². The zero-order valence-corrected chi connectivity index (χ0v) is 20.7. The van der Waals surface area contributed by atoms with Crippen LogP contribution < -0.4 is 21.7 Å². The van der Waals surface area contributed by atoms with Gasteiger partial charge in [-0.15, -0.1) is 0 Å². The van der Waals surface area contributed by atoms with E-state index in [0.717, 1.165) is 0 Å². The third-order valence-corrected chi connectivity index (χ3v) is 5.91. The van der Waals surface area contributed by atoms with Gasteiger partial charge in [0.2, 0.25) is 17.7 Å². The second-order valence-electron chi connectivity index (χ2n) is 8.03. The highest BCUT2D eigenvalue weighted by Gasteiger charge is 2.32. The monoisotopic (exact) mass is 478 g/mol. The highest BCUT2D eigenvalue weighted by molar-refractivity contribution is 7.98. The number of nitrogens with two attached hydrogens (primary N) is 1. The van der Waals surface area contributed by atoms with Crippen LogP contribution in [-0.4, -0.2) is 70.7 Å². The van der Waals surface area contributed by atoms with Gasteiger partial charge in [-0.3, -0.25) is 14.4 Å². The van der Waals surface area contributed by atoms with Crippen molar-refractivity contribution in [2.75, 3.05) is 17.8 Å². The maximum atomic E-state index is 12.8. The Labute approximate surface area is 194 Å². The average Bonchev–Trinajstić information content (AvgIpc) is 2.71. The van der Waals surface area contributed by atoms with Gasteiger partial charge < -0.3 is 26.8 Å². The lowest BCUT2D eigenvalue weighted by Crippen LogP contribution is -2.59. The maximum absolute atomic E-state index is 12.8. The Morgan fingerprint density at radius 3 is 2.03 bits per heavy atom. The van der Waals surface area contributed by atoms with Gasteiger partial charge >= 0.3 is 5.97 Å². The number of rotatable bonds is 15. The molecule has 0 aliphatic rings. The van der Waals surface area contributed by atoms with Gasteiger partial charge in [0.15, 0.2) is 0 Å². The van der Waals surface area contributed by atoms with Crippen LogP contribution in [0.2, 0.25) is 0 Å². The minimum absolute atomic E-state index is 0.0206. The lowest BCUT2D eigenvalue weighted by atomic mass is 9.96. The normalized spacial score (nSPS) is 16.0. The Kier molecular flexibility index (Phi) is 14.6. The summed E-state index contributed by atoms with van der Waals surface area (Å²) in [6.45, 7) is 7.37. The molecule has 0 spiro atoms. The first-order valence-electron chi connectivity index (χ1n) is 10.5. The fourth-order valence-corrected chi connectivity index (χ4v) is 3.51. The SMILES string of the molecule is CCC(C)C(NC(=O)C(CS)NC(=O)C(N)CCSC)C(=O)NC(CC(C)C)C(=O)O. The third-order valence-electron chi connectivity index (χ3n) is 4.90. The fourth-order valence-electron chi connectivity index (χ4n) is 2.76. The van der Waals surface area contributed by atoms with Gasteiger partial charge in [-0.1, -0.05) is 34.1 Å². The van der Waals surface area contributed by atoms with Crippen LogP contribution in [0.3, 0.4) is 0 Å². The first-order chi connectivity index (χ1) is 14.5. The number of nitrogens with one attached hydrogen (secondary N) is 3. The smallest absolute Gasteiger partial charge is 0.326 e. The number of carboxylic acid groups (broad SMARTS) is 1. The molecule has 6 N–H and O–H groups in total. The summed E-state index contributed by atoms with van der Waals surface area (Å²) in [7, 11) is 0. The first-order valence-corrected chi connectivity index (χ1v) is 12.5. The number of amides is 3. The molecule has 0 radical (unpaired) electrons. The van der Waals surface area contributed by atoms with E-state index in [1.54, 1.807) is 18.7 Å². The summed E-state index contributed by atoms with van der Waals surface area (Å²) in [6, 6.07) is -3.72. The van der Waals surface area contributed by atoms with Crippen LogP contribution in [0.4, 0.5) is 0 Å². The van der Waals surface area contributed by atoms with Crippen LogP contribution in [0, 0.1) is 11.8 Å². The minimum Gasteiger partial charge on any atom is -0.480 e. The molecular formula is C20H38N4O5S2. The molecule has 0 aliphatic heterocycles. The van der Waals surface area contributed by atoms with E-state index in [1.807, 2.05) is 27.0 Å². The second-order valence-corrected chi connectivity index (χ2v) is 9.38. The Balaban J connectivity index is 5.26. The summed E-state index contributed by atoms with van der Waals surface area (Å²) in [5.74, 6) is -2.19. The molecule has 0 aromatic carbocycles. The molecule has 5 atom stereocenters. The number of thioether (sulfide) groups is 1. The predicted molar refractivity (Wildman–Crippen MR) is 127 cm³/mol. The Bertz CT molecular complexity index is 606. The zero-order chi connectivity index (χ0) is 24.1. The van der Waals surface area contributed by atoms with E-state index in [4.69, 9.17) is 5.73 Å². The van der Waals surface area contributed by atoms with Gasteiger partial charge in [-0.05, 0) is 36.7 Å². The summed E-state index contributed by atoms with van der Waals surface area (Å²) in [4.78, 5) is 49.3. The molecule has 180 valence electrons. The summed E-state index contributed by atoms with van der Waals surface area (Å²) in [6.07, 6.45) is 3.23. The highest BCUT2D eigenvalue weighted by Crippen LogP contribution is 2.11. The van der Waals surface area contributed by atoms with Crippen LogP contribution in [0.5, 0.6) is 0 Å². The lowest BCUT2D eigenvalue weighted by molar-refractivity contribution is -0.143. The van der Waals surface area contributed by atoms with Gasteiger partial charge in [0.25, 0.3) is 0 Å². The van der Waals surface area contributed by atoms with Gasteiger partial charge in [0, 0.05) is 5.75 Å². The molecule has 0 aliphatic carbocycles. The number of carbonyl (C=O) groups is 4. The number of carbonyl (C=O) groups excluding carboxylic acids is 3. The average molecular weight is 479 g/mol. The van der Waals surface area contributed by atoms with Gasteiger partial charge in [0.05, 0.1) is 6.04 Å². The van der Waals surface area contributed by atoms with Gasteiger partial charge in [0.1, 0.15) is 18.1 Å². The molecule has 0 aromatic heterocycles. The van der Waals surface area contributed by atoms with Crippen LogP contribution in [0.25, 0.3) is 0 Å². The number of thiol groups is 1. The summed E-state index contributed by atoms with van der Waals surface area (Å²) < 4.78 is 0. The molecule has 11 heteroatoms. The molecular weight excluding hydrogens is 440 g/mol. The number of aliphatic carboxylic acids is 1. The molecule has 0 fully saturated rings. The Morgan fingerprint density at radius 2 is 1.58 bits per heavy atom. The third kappa shape index (κ3) is 11.1. The van der Waals surface area contributed by atoms with Gasteiger partial charge in [-0.2, -0.15) is 24.4 Å². The van der Waals surface area contributed by atoms with Crippen LogP contribution in [0.15, 0.2) is 0 Å². The summed E-state index contributed by atoms with van der Waals surface area (Å²) in [5, 5.41) is 17.1. The molecule has 9 nitrogen and oxygen atoms in total. The number of hydrogen-bond donors (Lipinski definition) is 6. The molecule has 31 heavy (non-hydrogen) atoms. The molecule has 0 aromatic rings. The Morgan fingerprint density at radius 1 is 1.00 bits per heavy atom. The van der Waals surface area contributed by atoms with Crippen molar-refractivity contribution in [1.29, 1.82) is 0 Å². The van der Waals surface area contributed by atoms with E-state index in [0.29, 0.717) is 18.6 Å². The molecule has 0 rings (SSSR count). The van der Waals surface area contributed by atoms with E-state index < -0.39 is 47.9 Å². The van der Waals surface area contributed by atoms with Crippen molar-refractivity contribution in [2.45, 2.75) is 71.1 Å². The van der Waals surface area contributed by atoms with Crippen molar-refractivity contribution in [1.82, 2.24) is 16.0 Å². The van der Waals surface area contributed by atoms with E-state index in [1.165, 1.54) is 0 Å². The molecule has 5 unspecified atom stereocenters. The topological polar surface area (TPSA) is 151 Å². The van der Waals surface area contributed by atoms with Crippen molar-refractivity contribution in [3.05, 3.63) is 0 Å². The van der Waals surface area contributed by atoms with Crippen molar-refractivity contribution >= 4 is 48.1 Å². The number of carboxylic acids is 1. The molecule has 0 heterocycles. The van der Waals surface area contributed by atoms with E-state index in [-0.39, 0.29) is 24.0 Å². The van der Waals surface area contributed by atoms with Crippen molar-refractivity contribution in [3.8, 4) is 0 Å². The fraction of sp³-hybridized carbons (Fsp3) is 0.800. The van der Waals surface area contributed by atoms with Crippen LogP contribution in [0.1, 0.15) is 47.0 Å². The molecule has 3 amide bonds. The molecule has 0 saturated carbocycles.